The molecule has 16 heavy (non-hydrogen) atoms. The van der Waals surface area contributed by atoms with Gasteiger partial charge < -0.3 is 9.84 Å². The molecule has 6 heteroatoms. The number of rotatable bonds is 5. The Kier molecular flexibility index (Phi) is 3.31. The quantitative estimate of drug-likeness (QED) is 0.787. The molecule has 2 aromatic heterocycles. The van der Waals surface area contributed by atoms with Gasteiger partial charge in [-0.05, 0) is 19.9 Å². The van der Waals surface area contributed by atoms with Crippen molar-refractivity contribution in [3.05, 3.63) is 29.7 Å². The van der Waals surface area contributed by atoms with E-state index in [1.165, 1.54) is 0 Å². The monoisotopic (exact) mass is 221 g/mol. The molecule has 2 aromatic rings. The maximum absolute atomic E-state index is 5.02. The summed E-state index contributed by atoms with van der Waals surface area (Å²) in [6.07, 6.45) is 2.48. The largest absolute Gasteiger partial charge is 0.339 e. The molecule has 0 bridgehead atoms. The van der Waals surface area contributed by atoms with Gasteiger partial charge in [0.15, 0.2) is 5.82 Å². The van der Waals surface area contributed by atoms with Crippen molar-refractivity contribution in [3.63, 3.8) is 0 Å². The van der Waals surface area contributed by atoms with Crippen LogP contribution in [-0.4, -0.2) is 26.9 Å². The summed E-state index contributed by atoms with van der Waals surface area (Å²) in [6.45, 7) is 4.68. The van der Waals surface area contributed by atoms with Crippen LogP contribution in [0.2, 0.25) is 0 Å². The molecule has 86 valence electrons. The molecule has 2 heterocycles. The number of nitrogens with zero attached hydrogens (tertiary/aromatic N) is 3. The van der Waals surface area contributed by atoms with Gasteiger partial charge in [-0.3, -0.25) is 5.10 Å². The van der Waals surface area contributed by atoms with Gasteiger partial charge in [0.25, 0.3) is 0 Å². The lowest BCUT2D eigenvalue weighted by Gasteiger charge is -2.10. The molecule has 0 spiro atoms. The van der Waals surface area contributed by atoms with Crippen molar-refractivity contribution in [2.24, 2.45) is 0 Å². The van der Waals surface area contributed by atoms with Gasteiger partial charge in [-0.25, -0.2) is 0 Å². The summed E-state index contributed by atoms with van der Waals surface area (Å²) < 4.78 is 5.02. The van der Waals surface area contributed by atoms with Crippen LogP contribution in [-0.2, 0) is 6.42 Å². The van der Waals surface area contributed by atoms with Gasteiger partial charge in [-0.2, -0.15) is 10.1 Å². The molecule has 1 unspecified atom stereocenters. The van der Waals surface area contributed by atoms with E-state index in [0.29, 0.717) is 11.7 Å². The van der Waals surface area contributed by atoms with Crippen molar-refractivity contribution in [2.45, 2.75) is 26.3 Å². The lowest BCUT2D eigenvalue weighted by molar-refractivity contribution is 0.370. The van der Waals surface area contributed by atoms with Crippen LogP contribution in [0.3, 0.4) is 0 Å². The minimum atomic E-state index is 0.242. The summed E-state index contributed by atoms with van der Waals surface area (Å²) in [5.41, 5.74) is 1.07. The average Bonchev–Trinajstić information content (AvgIpc) is 2.89. The first-order chi connectivity index (χ1) is 7.75. The average molecular weight is 221 g/mol. The van der Waals surface area contributed by atoms with Crippen LogP contribution in [0.25, 0.3) is 0 Å². The van der Waals surface area contributed by atoms with Crippen LogP contribution in [0.5, 0.6) is 0 Å². The molecule has 1 atom stereocenters. The van der Waals surface area contributed by atoms with Crippen molar-refractivity contribution in [3.8, 4) is 0 Å². The summed E-state index contributed by atoms with van der Waals surface area (Å²) in [4.78, 5) is 4.13. The van der Waals surface area contributed by atoms with E-state index in [1.807, 2.05) is 13.0 Å². The summed E-state index contributed by atoms with van der Waals surface area (Å²) in [5, 5.41) is 13.9. The van der Waals surface area contributed by atoms with Crippen molar-refractivity contribution in [1.82, 2.24) is 25.7 Å². The van der Waals surface area contributed by atoms with Crippen molar-refractivity contribution >= 4 is 0 Å². The van der Waals surface area contributed by atoms with Gasteiger partial charge >= 0.3 is 0 Å². The van der Waals surface area contributed by atoms with Gasteiger partial charge in [0.2, 0.25) is 5.89 Å². The molecule has 0 aromatic carbocycles. The van der Waals surface area contributed by atoms with Gasteiger partial charge in [-0.15, -0.1) is 0 Å². The molecule has 6 nitrogen and oxygen atoms in total. The van der Waals surface area contributed by atoms with Crippen molar-refractivity contribution in [1.29, 1.82) is 0 Å². The number of hydrogen-bond donors (Lipinski definition) is 2. The van der Waals surface area contributed by atoms with Gasteiger partial charge in [-0.1, -0.05) is 5.16 Å². The highest BCUT2D eigenvalue weighted by molar-refractivity contribution is 5.02. The highest BCUT2D eigenvalue weighted by Crippen LogP contribution is 2.07. The van der Waals surface area contributed by atoms with Gasteiger partial charge in [0.05, 0.1) is 5.69 Å². The predicted octanol–water partition coefficient (Wildman–Crippen LogP) is 0.994. The Balaban J connectivity index is 1.76. The van der Waals surface area contributed by atoms with Crippen LogP contribution < -0.4 is 5.32 Å². The van der Waals surface area contributed by atoms with Crippen LogP contribution in [0.1, 0.15) is 30.4 Å². The Morgan fingerprint density at radius 2 is 2.44 bits per heavy atom. The molecular weight excluding hydrogens is 206 g/mol. The molecule has 2 rings (SSSR count). The van der Waals surface area contributed by atoms with Gasteiger partial charge in [0, 0.05) is 25.2 Å². The Hall–Kier alpha value is -1.69. The zero-order chi connectivity index (χ0) is 11.4. The summed E-state index contributed by atoms with van der Waals surface area (Å²) in [5.74, 6) is 1.35. The molecule has 0 amide bonds. The molecule has 0 saturated heterocycles. The Bertz CT molecular complexity index is 422. The molecule has 0 fully saturated rings. The third-order valence-corrected chi connectivity index (χ3v) is 2.35. The third-order valence-electron chi connectivity index (χ3n) is 2.35. The Labute approximate surface area is 93.4 Å². The molecule has 0 aliphatic carbocycles. The fourth-order valence-electron chi connectivity index (χ4n) is 1.45. The second kappa shape index (κ2) is 4.89. The number of aromatic amines is 1. The lowest BCUT2D eigenvalue weighted by atomic mass is 10.2. The van der Waals surface area contributed by atoms with Crippen molar-refractivity contribution in [2.75, 3.05) is 6.54 Å². The molecule has 0 saturated carbocycles. The fourth-order valence-corrected chi connectivity index (χ4v) is 1.45. The second-order valence-electron chi connectivity index (χ2n) is 3.67. The third kappa shape index (κ3) is 2.66. The minimum absolute atomic E-state index is 0.242. The molecule has 0 aliphatic rings. The van der Waals surface area contributed by atoms with Gasteiger partial charge in [0.1, 0.15) is 0 Å². The summed E-state index contributed by atoms with van der Waals surface area (Å²) in [7, 11) is 0. The fraction of sp³-hybridized carbons (Fsp3) is 0.500. The van der Waals surface area contributed by atoms with E-state index < -0.39 is 0 Å². The molecule has 2 N–H and O–H groups in total. The first kappa shape index (κ1) is 10.8. The number of H-pyrrole nitrogens is 1. The summed E-state index contributed by atoms with van der Waals surface area (Å²) in [6, 6.07) is 2.20. The Morgan fingerprint density at radius 1 is 1.56 bits per heavy atom. The van der Waals surface area contributed by atoms with Crippen LogP contribution >= 0.6 is 0 Å². The zero-order valence-electron chi connectivity index (χ0n) is 9.40. The van der Waals surface area contributed by atoms with E-state index in [2.05, 4.69) is 32.6 Å². The van der Waals surface area contributed by atoms with Crippen LogP contribution in [0.4, 0.5) is 0 Å². The second-order valence-corrected chi connectivity index (χ2v) is 3.67. The highest BCUT2D eigenvalue weighted by atomic mass is 16.5. The molecular formula is C10H15N5O. The predicted molar refractivity (Wildman–Crippen MR) is 57.7 cm³/mol. The molecule has 0 aliphatic heterocycles. The smallest absolute Gasteiger partial charge is 0.227 e. The number of hydrogen-bond acceptors (Lipinski definition) is 5. The number of aromatic nitrogens is 4. The molecule has 0 radical (unpaired) electrons. The zero-order valence-corrected chi connectivity index (χ0v) is 9.40. The number of aryl methyl sites for hydroxylation is 1. The maximum atomic E-state index is 5.02. The van der Waals surface area contributed by atoms with E-state index in [0.717, 1.165) is 18.7 Å². The standard InChI is InChI=1S/C10H15N5O/c1-7(9-3-6-12-14-9)11-5-4-10-13-8(2)15-16-10/h3,6-7,11H,4-5H2,1-2H3,(H,12,14). The van der Waals surface area contributed by atoms with Crippen LogP contribution in [0.15, 0.2) is 16.8 Å². The number of nitrogens with one attached hydrogen (secondary N) is 2. The first-order valence-corrected chi connectivity index (χ1v) is 5.27. The lowest BCUT2D eigenvalue weighted by Crippen LogP contribution is -2.21. The SMILES string of the molecule is Cc1noc(CCNC(C)c2ccn[nH]2)n1. The topological polar surface area (TPSA) is 79.6 Å². The Morgan fingerprint density at radius 3 is 3.06 bits per heavy atom. The minimum Gasteiger partial charge on any atom is -0.339 e. The normalized spacial score (nSPS) is 12.9. The van der Waals surface area contributed by atoms with Crippen LogP contribution in [0, 0.1) is 6.92 Å². The summed E-state index contributed by atoms with van der Waals surface area (Å²) >= 11 is 0. The van der Waals surface area contributed by atoms with Crippen molar-refractivity contribution < 1.29 is 4.52 Å². The van der Waals surface area contributed by atoms with E-state index in [4.69, 9.17) is 4.52 Å². The van der Waals surface area contributed by atoms with E-state index >= 15 is 0 Å². The highest BCUT2D eigenvalue weighted by Gasteiger charge is 2.07. The maximum Gasteiger partial charge on any atom is 0.227 e. The first-order valence-electron chi connectivity index (χ1n) is 5.27. The van der Waals surface area contributed by atoms with E-state index in [1.54, 1.807) is 6.20 Å². The van der Waals surface area contributed by atoms with E-state index in [-0.39, 0.29) is 6.04 Å². The van der Waals surface area contributed by atoms with E-state index in [9.17, 15) is 0 Å².